The number of ether oxygens (including phenoxy) is 2. The summed E-state index contributed by atoms with van der Waals surface area (Å²) in [5.74, 6) is -0.504. The van der Waals surface area contributed by atoms with Gasteiger partial charge in [0.25, 0.3) is 0 Å². The lowest BCUT2D eigenvalue weighted by Crippen LogP contribution is -2.29. The molecule has 1 aromatic carbocycles. The Morgan fingerprint density at radius 2 is 2.32 bits per heavy atom. The Bertz CT molecular complexity index is 541. The van der Waals surface area contributed by atoms with E-state index in [2.05, 4.69) is 4.72 Å². The number of hydrogen-bond donors (Lipinski definition) is 1. The van der Waals surface area contributed by atoms with Crippen LogP contribution in [0.25, 0.3) is 0 Å². The molecule has 19 heavy (non-hydrogen) atoms. The Hall–Kier alpha value is -1.18. The summed E-state index contributed by atoms with van der Waals surface area (Å²) < 4.78 is 49.8. The van der Waals surface area contributed by atoms with Crippen LogP contribution in [0.5, 0.6) is 5.75 Å². The largest absolute Gasteiger partial charge is 0.494 e. The van der Waals surface area contributed by atoms with Crippen molar-refractivity contribution in [1.82, 2.24) is 4.72 Å². The van der Waals surface area contributed by atoms with Gasteiger partial charge in [0.05, 0.1) is 18.6 Å². The SMILES string of the molecule is COc1ccc(S(=O)(=O)NC[C@H]2CCOC2)cc1F. The average molecular weight is 289 g/mol. The highest BCUT2D eigenvalue weighted by Gasteiger charge is 2.21. The zero-order valence-electron chi connectivity index (χ0n) is 10.6. The fraction of sp³-hybridized carbons (Fsp3) is 0.500. The smallest absolute Gasteiger partial charge is 0.240 e. The second kappa shape index (κ2) is 5.85. The monoisotopic (exact) mass is 289 g/mol. The molecule has 1 aromatic rings. The lowest BCUT2D eigenvalue weighted by molar-refractivity contribution is 0.186. The van der Waals surface area contributed by atoms with Crippen molar-refractivity contribution in [2.45, 2.75) is 11.3 Å². The van der Waals surface area contributed by atoms with Gasteiger partial charge in [-0.05, 0) is 30.5 Å². The van der Waals surface area contributed by atoms with Gasteiger partial charge >= 0.3 is 0 Å². The number of rotatable bonds is 5. The molecule has 7 heteroatoms. The van der Waals surface area contributed by atoms with E-state index in [4.69, 9.17) is 9.47 Å². The molecule has 0 unspecified atom stereocenters. The van der Waals surface area contributed by atoms with Crippen molar-refractivity contribution < 1.29 is 22.3 Å². The van der Waals surface area contributed by atoms with E-state index in [1.54, 1.807) is 0 Å². The highest BCUT2D eigenvalue weighted by atomic mass is 32.2. The molecule has 0 aliphatic carbocycles. The second-order valence-electron chi connectivity index (χ2n) is 4.38. The minimum absolute atomic E-state index is 0.0168. The summed E-state index contributed by atoms with van der Waals surface area (Å²) in [6.07, 6.45) is 0.833. The summed E-state index contributed by atoms with van der Waals surface area (Å²) in [5, 5.41) is 0. The van der Waals surface area contributed by atoms with E-state index in [-0.39, 0.29) is 16.6 Å². The summed E-state index contributed by atoms with van der Waals surface area (Å²) in [6, 6.07) is 3.56. The Morgan fingerprint density at radius 3 is 2.89 bits per heavy atom. The molecule has 0 spiro atoms. The molecule has 1 atom stereocenters. The Kier molecular flexibility index (Phi) is 4.38. The molecule has 0 radical (unpaired) electrons. The minimum Gasteiger partial charge on any atom is -0.494 e. The minimum atomic E-state index is -3.70. The van der Waals surface area contributed by atoms with Crippen molar-refractivity contribution >= 4 is 10.0 Å². The van der Waals surface area contributed by atoms with Gasteiger partial charge in [-0.25, -0.2) is 17.5 Å². The Balaban J connectivity index is 2.08. The van der Waals surface area contributed by atoms with E-state index >= 15 is 0 Å². The molecular weight excluding hydrogens is 273 g/mol. The average Bonchev–Trinajstić information content (AvgIpc) is 2.89. The second-order valence-corrected chi connectivity index (χ2v) is 6.14. The summed E-state index contributed by atoms with van der Waals surface area (Å²) in [4.78, 5) is -0.107. The van der Waals surface area contributed by atoms with E-state index < -0.39 is 15.8 Å². The number of nitrogens with one attached hydrogen (secondary N) is 1. The molecule has 1 fully saturated rings. The van der Waals surface area contributed by atoms with E-state index in [1.807, 2.05) is 0 Å². The Labute approximate surface area is 111 Å². The molecule has 5 nitrogen and oxygen atoms in total. The van der Waals surface area contributed by atoms with Gasteiger partial charge in [-0.2, -0.15) is 0 Å². The molecule has 1 aliphatic rings. The quantitative estimate of drug-likeness (QED) is 0.883. The maximum Gasteiger partial charge on any atom is 0.240 e. The topological polar surface area (TPSA) is 64.6 Å². The van der Waals surface area contributed by atoms with Crippen LogP contribution in [0.15, 0.2) is 23.1 Å². The molecule has 0 aromatic heterocycles. The molecule has 106 valence electrons. The third-order valence-corrected chi connectivity index (χ3v) is 4.44. The third kappa shape index (κ3) is 3.43. The predicted molar refractivity (Wildman–Crippen MR) is 67.1 cm³/mol. The standard InChI is InChI=1S/C12H16FNO4S/c1-17-12-3-2-10(6-11(12)13)19(15,16)14-7-9-4-5-18-8-9/h2-3,6,9,14H,4-5,7-8H2,1H3/t9-/m1/s1. The van der Waals surface area contributed by atoms with Gasteiger partial charge in [-0.1, -0.05) is 0 Å². The van der Waals surface area contributed by atoms with E-state index in [0.29, 0.717) is 19.8 Å². The number of sulfonamides is 1. The van der Waals surface area contributed by atoms with E-state index in [0.717, 1.165) is 12.5 Å². The van der Waals surface area contributed by atoms with Gasteiger partial charge < -0.3 is 9.47 Å². The molecular formula is C12H16FNO4S. The van der Waals surface area contributed by atoms with E-state index in [9.17, 15) is 12.8 Å². The molecule has 1 N–H and O–H groups in total. The first-order valence-corrected chi connectivity index (χ1v) is 7.42. The first-order chi connectivity index (χ1) is 9.03. The molecule has 1 aliphatic heterocycles. The van der Waals surface area contributed by atoms with Crippen molar-refractivity contribution in [2.24, 2.45) is 5.92 Å². The fourth-order valence-electron chi connectivity index (χ4n) is 1.87. The van der Waals surface area contributed by atoms with Gasteiger partial charge in [0.15, 0.2) is 11.6 Å². The first-order valence-electron chi connectivity index (χ1n) is 5.94. The fourth-order valence-corrected chi connectivity index (χ4v) is 3.00. The lowest BCUT2D eigenvalue weighted by Gasteiger charge is -2.11. The van der Waals surface area contributed by atoms with Crippen LogP contribution in [0.4, 0.5) is 4.39 Å². The van der Waals surface area contributed by atoms with Crippen molar-refractivity contribution in [3.05, 3.63) is 24.0 Å². The zero-order chi connectivity index (χ0) is 13.9. The van der Waals surface area contributed by atoms with Crippen molar-refractivity contribution in [3.8, 4) is 5.75 Å². The van der Waals surface area contributed by atoms with Crippen LogP contribution in [0, 0.1) is 11.7 Å². The maximum atomic E-state index is 13.5. The summed E-state index contributed by atoms with van der Waals surface area (Å²) in [6.45, 7) is 1.51. The van der Waals surface area contributed by atoms with Gasteiger partial charge in [0.1, 0.15) is 0 Å². The molecule has 2 rings (SSSR count). The van der Waals surface area contributed by atoms with Gasteiger partial charge in [0, 0.05) is 13.2 Å². The Morgan fingerprint density at radius 1 is 1.53 bits per heavy atom. The summed E-state index contributed by atoms with van der Waals surface area (Å²) in [5.41, 5.74) is 0. The molecule has 0 amide bonds. The van der Waals surface area contributed by atoms with Crippen LogP contribution in [0.3, 0.4) is 0 Å². The summed E-state index contributed by atoms with van der Waals surface area (Å²) >= 11 is 0. The third-order valence-electron chi connectivity index (χ3n) is 3.02. The van der Waals surface area contributed by atoms with Crippen LogP contribution in [0.2, 0.25) is 0 Å². The van der Waals surface area contributed by atoms with Crippen molar-refractivity contribution in [1.29, 1.82) is 0 Å². The van der Waals surface area contributed by atoms with Gasteiger partial charge in [-0.3, -0.25) is 0 Å². The van der Waals surface area contributed by atoms with Crippen molar-refractivity contribution in [3.63, 3.8) is 0 Å². The highest BCUT2D eigenvalue weighted by molar-refractivity contribution is 7.89. The normalized spacial score (nSPS) is 19.6. The maximum absolute atomic E-state index is 13.5. The molecule has 1 saturated heterocycles. The molecule has 0 bridgehead atoms. The van der Waals surface area contributed by atoms with Crippen LogP contribution in [-0.4, -0.2) is 35.3 Å². The van der Waals surface area contributed by atoms with Crippen LogP contribution in [0.1, 0.15) is 6.42 Å². The van der Waals surface area contributed by atoms with Gasteiger partial charge in [-0.15, -0.1) is 0 Å². The van der Waals surface area contributed by atoms with Crippen LogP contribution >= 0.6 is 0 Å². The van der Waals surface area contributed by atoms with Crippen LogP contribution in [-0.2, 0) is 14.8 Å². The number of hydrogen-bond acceptors (Lipinski definition) is 4. The molecule has 1 heterocycles. The van der Waals surface area contributed by atoms with E-state index in [1.165, 1.54) is 19.2 Å². The van der Waals surface area contributed by atoms with Gasteiger partial charge in [0.2, 0.25) is 10.0 Å². The first kappa shape index (κ1) is 14.2. The van der Waals surface area contributed by atoms with Crippen LogP contribution < -0.4 is 9.46 Å². The molecule has 0 saturated carbocycles. The van der Waals surface area contributed by atoms with Crippen molar-refractivity contribution in [2.75, 3.05) is 26.9 Å². The number of benzene rings is 1. The predicted octanol–water partition coefficient (Wildman–Crippen LogP) is 1.15. The summed E-state index contributed by atoms with van der Waals surface area (Å²) in [7, 11) is -2.37. The zero-order valence-corrected chi connectivity index (χ0v) is 11.4. The highest BCUT2D eigenvalue weighted by Crippen LogP contribution is 2.21. The number of methoxy groups -OCH3 is 1. The lowest BCUT2D eigenvalue weighted by atomic mass is 10.1. The number of halogens is 1.